The molecule has 102 valence electrons. The summed E-state index contributed by atoms with van der Waals surface area (Å²) in [7, 11) is 1.77. The molecule has 0 atom stereocenters. The van der Waals surface area contributed by atoms with Crippen molar-refractivity contribution >= 4 is 32.4 Å². The summed E-state index contributed by atoms with van der Waals surface area (Å²) >= 11 is 1.67. The van der Waals surface area contributed by atoms with E-state index in [1.165, 1.54) is 12.8 Å². The molecule has 0 aliphatic heterocycles. The fourth-order valence-corrected chi connectivity index (χ4v) is 3.20. The Morgan fingerprint density at radius 1 is 1.47 bits per heavy atom. The minimum Gasteiger partial charge on any atom is -0.399 e. The molecule has 1 aliphatic rings. The van der Waals surface area contributed by atoms with Crippen molar-refractivity contribution in [1.82, 2.24) is 4.98 Å². The molecule has 1 aliphatic carbocycles. The highest BCUT2D eigenvalue weighted by atomic mass is 32.1. The number of benzene rings is 1. The van der Waals surface area contributed by atoms with Crippen molar-refractivity contribution < 1.29 is 4.74 Å². The van der Waals surface area contributed by atoms with Gasteiger partial charge in [0.15, 0.2) is 5.13 Å². The van der Waals surface area contributed by atoms with Gasteiger partial charge in [0.25, 0.3) is 0 Å². The Hall–Kier alpha value is -1.33. The summed E-state index contributed by atoms with van der Waals surface area (Å²) in [5.74, 6) is 0. The maximum Gasteiger partial charge on any atom is 0.183 e. The van der Waals surface area contributed by atoms with Crippen molar-refractivity contribution in [3.8, 4) is 0 Å². The van der Waals surface area contributed by atoms with Crippen LogP contribution in [0.5, 0.6) is 0 Å². The fourth-order valence-electron chi connectivity index (χ4n) is 2.29. The predicted octanol–water partition coefficient (Wildman–Crippen LogP) is 3.11. The third kappa shape index (κ3) is 2.82. The molecule has 0 unspecified atom stereocenters. The van der Waals surface area contributed by atoms with Gasteiger partial charge in [-0.1, -0.05) is 11.3 Å². The van der Waals surface area contributed by atoms with Gasteiger partial charge >= 0.3 is 0 Å². The van der Waals surface area contributed by atoms with E-state index in [0.717, 1.165) is 40.6 Å². The summed E-state index contributed by atoms with van der Waals surface area (Å²) in [4.78, 5) is 4.59. The summed E-state index contributed by atoms with van der Waals surface area (Å²) in [6.07, 6.45) is 3.72. The lowest BCUT2D eigenvalue weighted by Gasteiger charge is -2.14. The third-order valence-corrected chi connectivity index (χ3v) is 4.80. The first-order valence-corrected chi connectivity index (χ1v) is 7.41. The molecule has 0 spiro atoms. The van der Waals surface area contributed by atoms with E-state index in [-0.39, 0.29) is 0 Å². The Balaban J connectivity index is 1.65. The van der Waals surface area contributed by atoms with Crippen LogP contribution >= 0.6 is 11.3 Å². The molecule has 3 N–H and O–H groups in total. The molecule has 4 nitrogen and oxygen atoms in total. The van der Waals surface area contributed by atoms with Crippen molar-refractivity contribution in [2.24, 2.45) is 5.41 Å². The molecule has 0 bridgehead atoms. The summed E-state index contributed by atoms with van der Waals surface area (Å²) in [6, 6.07) is 5.85. The molecule has 1 heterocycles. The average Bonchev–Trinajstić information content (AvgIpc) is 3.06. The van der Waals surface area contributed by atoms with Crippen LogP contribution in [0.4, 0.5) is 10.8 Å². The number of nitrogens with two attached hydrogens (primary N) is 1. The molecule has 1 aromatic carbocycles. The van der Waals surface area contributed by atoms with Crippen LogP contribution in [0.3, 0.4) is 0 Å². The molecule has 3 rings (SSSR count). The van der Waals surface area contributed by atoms with E-state index >= 15 is 0 Å². The monoisotopic (exact) mass is 277 g/mol. The number of nitrogens with one attached hydrogen (secondary N) is 1. The van der Waals surface area contributed by atoms with E-state index in [9.17, 15) is 0 Å². The number of rotatable bonds is 6. The van der Waals surface area contributed by atoms with E-state index in [4.69, 9.17) is 10.5 Å². The van der Waals surface area contributed by atoms with E-state index in [0.29, 0.717) is 5.41 Å². The smallest absolute Gasteiger partial charge is 0.183 e. The highest BCUT2D eigenvalue weighted by Gasteiger charge is 2.41. The first-order valence-electron chi connectivity index (χ1n) is 6.60. The number of anilines is 2. The van der Waals surface area contributed by atoms with Gasteiger partial charge < -0.3 is 15.8 Å². The standard InChI is InChI=1S/C14H19N3OS/c1-18-7-6-14(4-5-14)9-16-13-17-11-3-2-10(15)8-12(11)19-13/h2-3,8H,4-7,9,15H2,1H3,(H,16,17). The van der Waals surface area contributed by atoms with Crippen LogP contribution in [-0.2, 0) is 4.74 Å². The van der Waals surface area contributed by atoms with Gasteiger partial charge in [-0.3, -0.25) is 0 Å². The van der Waals surface area contributed by atoms with Gasteiger partial charge in [-0.2, -0.15) is 0 Å². The summed E-state index contributed by atoms with van der Waals surface area (Å²) < 4.78 is 6.32. The maximum absolute atomic E-state index is 5.79. The third-order valence-electron chi connectivity index (χ3n) is 3.82. The first kappa shape index (κ1) is 12.7. The Bertz CT molecular complexity index is 577. The zero-order valence-electron chi connectivity index (χ0n) is 11.1. The van der Waals surface area contributed by atoms with Crippen LogP contribution in [0.2, 0.25) is 0 Å². The number of thiazole rings is 1. The average molecular weight is 277 g/mol. The molecular weight excluding hydrogens is 258 g/mol. The number of nitrogens with zero attached hydrogens (tertiary/aromatic N) is 1. The van der Waals surface area contributed by atoms with E-state index < -0.39 is 0 Å². The van der Waals surface area contributed by atoms with E-state index in [2.05, 4.69) is 10.3 Å². The normalized spacial score (nSPS) is 16.7. The van der Waals surface area contributed by atoms with Crippen molar-refractivity contribution in [3.05, 3.63) is 18.2 Å². The number of nitrogen functional groups attached to an aromatic ring is 1. The Labute approximate surface area is 117 Å². The lowest BCUT2D eigenvalue weighted by molar-refractivity contribution is 0.175. The van der Waals surface area contributed by atoms with Gasteiger partial charge in [-0.15, -0.1) is 0 Å². The number of methoxy groups -OCH3 is 1. The lowest BCUT2D eigenvalue weighted by Crippen LogP contribution is -2.17. The van der Waals surface area contributed by atoms with Crippen LogP contribution in [0.15, 0.2) is 18.2 Å². The van der Waals surface area contributed by atoms with Crippen molar-refractivity contribution in [2.75, 3.05) is 31.3 Å². The van der Waals surface area contributed by atoms with Gasteiger partial charge in [0, 0.05) is 25.9 Å². The molecule has 0 amide bonds. The second-order valence-electron chi connectivity index (χ2n) is 5.34. The van der Waals surface area contributed by atoms with Crippen LogP contribution in [0.25, 0.3) is 10.2 Å². The molecule has 0 saturated heterocycles. The SMILES string of the molecule is COCCC1(CNc2nc3ccc(N)cc3s2)CC1. The Kier molecular flexibility index (Phi) is 3.33. The Morgan fingerprint density at radius 2 is 2.32 bits per heavy atom. The molecule has 1 aromatic heterocycles. The molecule has 1 fully saturated rings. The topological polar surface area (TPSA) is 60.2 Å². The van der Waals surface area contributed by atoms with Crippen molar-refractivity contribution in [3.63, 3.8) is 0 Å². The van der Waals surface area contributed by atoms with Crippen LogP contribution < -0.4 is 11.1 Å². The van der Waals surface area contributed by atoms with Crippen LogP contribution in [-0.4, -0.2) is 25.2 Å². The fraction of sp³-hybridized carbons (Fsp3) is 0.500. The lowest BCUT2D eigenvalue weighted by atomic mass is 10.0. The summed E-state index contributed by atoms with van der Waals surface area (Å²) in [6.45, 7) is 1.84. The quantitative estimate of drug-likeness (QED) is 0.796. The summed E-state index contributed by atoms with van der Waals surface area (Å²) in [5, 5.41) is 4.47. The molecule has 2 aromatic rings. The zero-order valence-corrected chi connectivity index (χ0v) is 11.9. The zero-order chi connectivity index (χ0) is 13.3. The highest BCUT2D eigenvalue weighted by Crippen LogP contribution is 2.48. The molecule has 19 heavy (non-hydrogen) atoms. The van der Waals surface area contributed by atoms with E-state index in [1.54, 1.807) is 18.4 Å². The minimum atomic E-state index is 0.437. The predicted molar refractivity (Wildman–Crippen MR) is 80.7 cm³/mol. The number of hydrogen-bond donors (Lipinski definition) is 2. The maximum atomic E-state index is 5.79. The van der Waals surface area contributed by atoms with Gasteiger partial charge in [0.05, 0.1) is 10.2 Å². The Morgan fingerprint density at radius 3 is 3.05 bits per heavy atom. The summed E-state index contributed by atoms with van der Waals surface area (Å²) in [5.41, 5.74) is 8.03. The van der Waals surface area contributed by atoms with Crippen LogP contribution in [0.1, 0.15) is 19.3 Å². The number of aromatic nitrogens is 1. The second-order valence-corrected chi connectivity index (χ2v) is 6.37. The first-order chi connectivity index (χ1) is 9.21. The van der Waals surface area contributed by atoms with Gasteiger partial charge in [0.1, 0.15) is 0 Å². The van der Waals surface area contributed by atoms with Gasteiger partial charge in [-0.25, -0.2) is 4.98 Å². The minimum absolute atomic E-state index is 0.437. The number of fused-ring (bicyclic) bond motifs is 1. The molecule has 1 saturated carbocycles. The van der Waals surface area contributed by atoms with Gasteiger partial charge in [0.2, 0.25) is 0 Å². The van der Waals surface area contributed by atoms with Crippen molar-refractivity contribution in [2.45, 2.75) is 19.3 Å². The molecule has 5 heteroatoms. The van der Waals surface area contributed by atoms with Crippen molar-refractivity contribution in [1.29, 1.82) is 0 Å². The molecule has 0 radical (unpaired) electrons. The highest BCUT2D eigenvalue weighted by molar-refractivity contribution is 7.22. The molecular formula is C14H19N3OS. The number of ether oxygens (including phenoxy) is 1. The second kappa shape index (κ2) is 4.98. The van der Waals surface area contributed by atoms with E-state index in [1.807, 2.05) is 18.2 Å². The van der Waals surface area contributed by atoms with Crippen LogP contribution in [0, 0.1) is 5.41 Å². The number of hydrogen-bond acceptors (Lipinski definition) is 5. The van der Waals surface area contributed by atoms with Gasteiger partial charge in [-0.05, 0) is 42.9 Å². The largest absolute Gasteiger partial charge is 0.399 e.